The summed E-state index contributed by atoms with van der Waals surface area (Å²) in [4.78, 5) is 26.7. The molecule has 0 saturated carbocycles. The van der Waals surface area contributed by atoms with Gasteiger partial charge in [0, 0.05) is 51.3 Å². The second kappa shape index (κ2) is 9.68. The second-order valence-corrected chi connectivity index (χ2v) is 6.19. The van der Waals surface area contributed by atoms with E-state index in [1.807, 2.05) is 19.0 Å². The standard InChI is InChI=1S/C20H24FN3O3/c1-24(2)18-10-9-16(13-17(18)20(26)22-11-4-12-27-3)23-19(25)14-5-7-15(21)8-6-14/h5-10,13H,4,11-12H2,1-3H3,(H,22,26)(H,23,25). The van der Waals surface area contributed by atoms with Gasteiger partial charge in [0.2, 0.25) is 0 Å². The number of anilines is 2. The van der Waals surface area contributed by atoms with Crippen molar-refractivity contribution < 1.29 is 18.7 Å². The van der Waals surface area contributed by atoms with Crippen molar-refractivity contribution in [3.8, 4) is 0 Å². The van der Waals surface area contributed by atoms with E-state index in [1.165, 1.54) is 24.3 Å². The SMILES string of the molecule is COCCCNC(=O)c1cc(NC(=O)c2ccc(F)cc2)ccc1N(C)C. The molecule has 2 rings (SSSR count). The van der Waals surface area contributed by atoms with E-state index in [0.29, 0.717) is 36.4 Å². The number of halogens is 1. The smallest absolute Gasteiger partial charge is 0.255 e. The number of amides is 2. The fourth-order valence-electron chi connectivity index (χ4n) is 2.50. The molecule has 2 aromatic rings. The number of ether oxygens (including phenoxy) is 1. The Hall–Kier alpha value is -2.93. The summed E-state index contributed by atoms with van der Waals surface area (Å²) in [5.74, 6) is -1.01. The van der Waals surface area contributed by atoms with E-state index in [1.54, 1.807) is 25.3 Å². The van der Waals surface area contributed by atoms with Crippen LogP contribution in [0.3, 0.4) is 0 Å². The zero-order chi connectivity index (χ0) is 19.8. The highest BCUT2D eigenvalue weighted by atomic mass is 19.1. The highest BCUT2D eigenvalue weighted by Gasteiger charge is 2.15. The van der Waals surface area contributed by atoms with Crippen LogP contribution in [-0.2, 0) is 4.74 Å². The van der Waals surface area contributed by atoms with Gasteiger partial charge in [0.1, 0.15) is 5.82 Å². The molecule has 0 saturated heterocycles. The van der Waals surface area contributed by atoms with Gasteiger partial charge in [-0.3, -0.25) is 9.59 Å². The first-order chi connectivity index (χ1) is 12.9. The maximum Gasteiger partial charge on any atom is 0.255 e. The molecule has 0 aliphatic heterocycles. The molecule has 27 heavy (non-hydrogen) atoms. The molecule has 0 aromatic heterocycles. The molecule has 0 heterocycles. The number of hydrogen-bond donors (Lipinski definition) is 2. The van der Waals surface area contributed by atoms with Crippen molar-refractivity contribution in [2.75, 3.05) is 44.6 Å². The molecule has 0 aliphatic rings. The molecule has 0 bridgehead atoms. The van der Waals surface area contributed by atoms with E-state index >= 15 is 0 Å². The number of hydrogen-bond acceptors (Lipinski definition) is 4. The van der Waals surface area contributed by atoms with Gasteiger partial charge in [-0.15, -0.1) is 0 Å². The van der Waals surface area contributed by atoms with Crippen LogP contribution in [-0.4, -0.2) is 46.2 Å². The van der Waals surface area contributed by atoms with Crippen LogP contribution < -0.4 is 15.5 Å². The number of nitrogens with one attached hydrogen (secondary N) is 2. The first kappa shape index (κ1) is 20.4. The highest BCUT2D eigenvalue weighted by molar-refractivity contribution is 6.06. The van der Waals surface area contributed by atoms with Crippen molar-refractivity contribution in [1.29, 1.82) is 0 Å². The number of carbonyl (C=O) groups is 2. The Labute approximate surface area is 158 Å². The first-order valence-electron chi connectivity index (χ1n) is 8.58. The fourth-order valence-corrected chi connectivity index (χ4v) is 2.50. The average Bonchev–Trinajstić information content (AvgIpc) is 2.65. The van der Waals surface area contributed by atoms with Crippen molar-refractivity contribution in [3.63, 3.8) is 0 Å². The van der Waals surface area contributed by atoms with Crippen LogP contribution in [0.5, 0.6) is 0 Å². The molecule has 7 heteroatoms. The third-order valence-electron chi connectivity index (χ3n) is 3.90. The molecule has 0 unspecified atom stereocenters. The van der Waals surface area contributed by atoms with Gasteiger partial charge in [-0.2, -0.15) is 0 Å². The molecule has 0 radical (unpaired) electrons. The second-order valence-electron chi connectivity index (χ2n) is 6.19. The normalized spacial score (nSPS) is 10.4. The minimum Gasteiger partial charge on any atom is -0.385 e. The maximum atomic E-state index is 13.0. The van der Waals surface area contributed by atoms with Crippen LogP contribution >= 0.6 is 0 Å². The monoisotopic (exact) mass is 373 g/mol. The van der Waals surface area contributed by atoms with Crippen LogP contribution in [0.4, 0.5) is 15.8 Å². The third kappa shape index (κ3) is 5.79. The molecule has 2 aromatic carbocycles. The summed E-state index contributed by atoms with van der Waals surface area (Å²) in [5, 5.41) is 5.58. The topological polar surface area (TPSA) is 70.7 Å². The molecular formula is C20H24FN3O3. The van der Waals surface area contributed by atoms with Gasteiger partial charge >= 0.3 is 0 Å². The molecule has 0 spiro atoms. The van der Waals surface area contributed by atoms with Gasteiger partial charge in [0.05, 0.1) is 5.56 Å². The first-order valence-corrected chi connectivity index (χ1v) is 8.58. The zero-order valence-electron chi connectivity index (χ0n) is 15.7. The van der Waals surface area contributed by atoms with Crippen molar-refractivity contribution >= 4 is 23.2 Å². The van der Waals surface area contributed by atoms with E-state index in [0.717, 1.165) is 5.69 Å². The molecule has 2 amide bonds. The minimum absolute atomic E-state index is 0.229. The van der Waals surface area contributed by atoms with Crippen molar-refractivity contribution in [2.45, 2.75) is 6.42 Å². The quantitative estimate of drug-likeness (QED) is 0.698. The number of carbonyl (C=O) groups excluding carboxylic acids is 2. The predicted octanol–water partition coefficient (Wildman–Crippen LogP) is 2.91. The Morgan fingerprint density at radius 1 is 1.07 bits per heavy atom. The van der Waals surface area contributed by atoms with Crippen molar-refractivity contribution in [1.82, 2.24) is 5.32 Å². The van der Waals surface area contributed by atoms with Gasteiger partial charge in [0.25, 0.3) is 11.8 Å². The summed E-state index contributed by atoms with van der Waals surface area (Å²) in [6, 6.07) is 10.4. The van der Waals surface area contributed by atoms with Crippen molar-refractivity contribution in [2.24, 2.45) is 0 Å². The van der Waals surface area contributed by atoms with E-state index < -0.39 is 5.82 Å². The summed E-state index contributed by atoms with van der Waals surface area (Å²) >= 11 is 0. The van der Waals surface area contributed by atoms with Gasteiger partial charge in [-0.1, -0.05) is 0 Å². The lowest BCUT2D eigenvalue weighted by Gasteiger charge is -2.18. The lowest BCUT2D eigenvalue weighted by Crippen LogP contribution is -2.27. The summed E-state index contributed by atoms with van der Waals surface area (Å²) < 4.78 is 18.0. The largest absolute Gasteiger partial charge is 0.385 e. The van der Waals surface area contributed by atoms with Crippen molar-refractivity contribution in [3.05, 3.63) is 59.4 Å². The summed E-state index contributed by atoms with van der Waals surface area (Å²) in [6.45, 7) is 1.06. The Morgan fingerprint density at radius 2 is 1.78 bits per heavy atom. The Kier molecular flexibility index (Phi) is 7.31. The molecule has 2 N–H and O–H groups in total. The average molecular weight is 373 g/mol. The maximum absolute atomic E-state index is 13.0. The Morgan fingerprint density at radius 3 is 2.41 bits per heavy atom. The molecule has 0 atom stereocenters. The predicted molar refractivity (Wildman–Crippen MR) is 104 cm³/mol. The number of benzene rings is 2. The van der Waals surface area contributed by atoms with Gasteiger partial charge in [-0.05, 0) is 48.9 Å². The number of nitrogens with zero attached hydrogens (tertiary/aromatic N) is 1. The van der Waals surface area contributed by atoms with Gasteiger partial charge in [-0.25, -0.2) is 4.39 Å². The van der Waals surface area contributed by atoms with Crippen LogP contribution in [0.1, 0.15) is 27.1 Å². The Bertz CT molecular complexity index is 792. The van der Waals surface area contributed by atoms with E-state index in [-0.39, 0.29) is 11.8 Å². The number of methoxy groups -OCH3 is 1. The lowest BCUT2D eigenvalue weighted by molar-refractivity contribution is 0.0947. The zero-order valence-corrected chi connectivity index (χ0v) is 15.7. The molecular weight excluding hydrogens is 349 g/mol. The summed E-state index contributed by atoms with van der Waals surface area (Å²) in [6.07, 6.45) is 0.709. The minimum atomic E-state index is -0.408. The molecule has 6 nitrogen and oxygen atoms in total. The lowest BCUT2D eigenvalue weighted by atomic mass is 10.1. The highest BCUT2D eigenvalue weighted by Crippen LogP contribution is 2.23. The van der Waals surface area contributed by atoms with Gasteiger partial charge < -0.3 is 20.3 Å². The molecule has 0 aliphatic carbocycles. The van der Waals surface area contributed by atoms with E-state index in [9.17, 15) is 14.0 Å². The van der Waals surface area contributed by atoms with Crippen LogP contribution in [0.2, 0.25) is 0 Å². The van der Waals surface area contributed by atoms with Crippen LogP contribution in [0.25, 0.3) is 0 Å². The van der Waals surface area contributed by atoms with E-state index in [4.69, 9.17) is 4.74 Å². The summed E-state index contributed by atoms with van der Waals surface area (Å²) in [5.41, 5.74) is 2.00. The molecule has 0 fully saturated rings. The summed E-state index contributed by atoms with van der Waals surface area (Å²) in [7, 11) is 5.29. The number of rotatable bonds is 8. The van der Waals surface area contributed by atoms with Crippen LogP contribution in [0, 0.1) is 5.82 Å². The third-order valence-corrected chi connectivity index (χ3v) is 3.90. The molecule has 144 valence electrons. The van der Waals surface area contributed by atoms with E-state index in [2.05, 4.69) is 10.6 Å². The Balaban J connectivity index is 2.16. The van der Waals surface area contributed by atoms with Crippen LogP contribution in [0.15, 0.2) is 42.5 Å². The van der Waals surface area contributed by atoms with Gasteiger partial charge in [0.15, 0.2) is 0 Å². The fraction of sp³-hybridized carbons (Fsp3) is 0.300.